The number of carbonyl (C=O) groups is 2. The summed E-state index contributed by atoms with van der Waals surface area (Å²) in [5.41, 5.74) is 3.80. The molecule has 0 unspecified atom stereocenters. The zero-order valence-electron chi connectivity index (χ0n) is 20.3. The molecule has 1 heterocycles. The van der Waals surface area contributed by atoms with Gasteiger partial charge in [0.1, 0.15) is 5.75 Å². The van der Waals surface area contributed by atoms with Crippen LogP contribution in [0.15, 0.2) is 91.3 Å². The summed E-state index contributed by atoms with van der Waals surface area (Å²) in [5, 5.41) is 10.1. The fourth-order valence-corrected chi connectivity index (χ4v) is 3.69. The van der Waals surface area contributed by atoms with Crippen molar-refractivity contribution in [3.05, 3.63) is 102 Å². The summed E-state index contributed by atoms with van der Waals surface area (Å²) in [6, 6.07) is 23.9. The second-order valence-electron chi connectivity index (χ2n) is 8.34. The van der Waals surface area contributed by atoms with E-state index in [9.17, 15) is 9.59 Å². The van der Waals surface area contributed by atoms with Gasteiger partial charge in [-0.25, -0.2) is 4.68 Å². The van der Waals surface area contributed by atoms with Gasteiger partial charge in [0.15, 0.2) is 0 Å². The second kappa shape index (κ2) is 11.8. The third kappa shape index (κ3) is 6.80. The number of aromatic nitrogens is 2. The highest BCUT2D eigenvalue weighted by Gasteiger charge is 2.11. The topological polar surface area (TPSA) is 88.5 Å². The molecule has 0 aliphatic rings. The van der Waals surface area contributed by atoms with Crippen LogP contribution in [0.5, 0.6) is 5.75 Å². The van der Waals surface area contributed by atoms with Gasteiger partial charge >= 0.3 is 0 Å². The van der Waals surface area contributed by atoms with Gasteiger partial charge in [-0.3, -0.25) is 14.5 Å². The quantitative estimate of drug-likeness (QED) is 0.344. The maximum absolute atomic E-state index is 12.5. The summed E-state index contributed by atoms with van der Waals surface area (Å²) >= 11 is 0. The molecule has 0 aliphatic heterocycles. The zero-order valence-corrected chi connectivity index (χ0v) is 20.3. The highest BCUT2D eigenvalue weighted by Crippen LogP contribution is 2.17. The first-order chi connectivity index (χ1) is 17.5. The highest BCUT2D eigenvalue weighted by atomic mass is 16.5. The van der Waals surface area contributed by atoms with Crippen LogP contribution in [0.1, 0.15) is 22.8 Å². The number of rotatable bonds is 10. The van der Waals surface area contributed by atoms with E-state index in [-0.39, 0.29) is 18.4 Å². The molecule has 0 fully saturated rings. The third-order valence-electron chi connectivity index (χ3n) is 5.38. The van der Waals surface area contributed by atoms with Crippen LogP contribution in [0.2, 0.25) is 0 Å². The van der Waals surface area contributed by atoms with Crippen molar-refractivity contribution in [2.75, 3.05) is 30.8 Å². The Balaban J connectivity index is 1.25. The molecule has 0 radical (unpaired) electrons. The van der Waals surface area contributed by atoms with Gasteiger partial charge in [0.05, 0.1) is 25.0 Å². The molecule has 0 saturated carbocycles. The molecule has 2 amide bonds. The van der Waals surface area contributed by atoms with E-state index in [1.165, 1.54) is 0 Å². The van der Waals surface area contributed by atoms with E-state index in [1.807, 2.05) is 72.2 Å². The number of nitrogens with zero attached hydrogens (tertiary/aromatic N) is 3. The molecule has 0 aliphatic carbocycles. The van der Waals surface area contributed by atoms with E-state index in [0.29, 0.717) is 30.1 Å². The monoisotopic (exact) mass is 483 g/mol. The Hall–Kier alpha value is -4.43. The Morgan fingerprint density at radius 2 is 1.58 bits per heavy atom. The Morgan fingerprint density at radius 1 is 0.917 bits per heavy atom. The summed E-state index contributed by atoms with van der Waals surface area (Å²) in [4.78, 5) is 27.0. The summed E-state index contributed by atoms with van der Waals surface area (Å²) in [6.45, 7) is 3.32. The van der Waals surface area contributed by atoms with Gasteiger partial charge in [0.25, 0.3) is 5.91 Å². The van der Waals surface area contributed by atoms with Crippen LogP contribution in [0.25, 0.3) is 5.69 Å². The minimum Gasteiger partial charge on any atom is -0.494 e. The standard InChI is InChI=1S/C28H29N5O3/c1-3-36-26-15-13-24(14-16-26)31-28(35)22-9-11-23(12-10-22)30-27(34)20-32(2)18-21-17-29-33(19-21)25-7-5-4-6-8-25/h4-17,19H,3,18,20H2,1-2H3,(H,30,34)(H,31,35). The van der Waals surface area contributed by atoms with E-state index in [0.717, 1.165) is 17.0 Å². The van der Waals surface area contributed by atoms with E-state index < -0.39 is 0 Å². The molecular weight excluding hydrogens is 454 g/mol. The lowest BCUT2D eigenvalue weighted by Gasteiger charge is -2.15. The Bertz CT molecular complexity index is 1290. The fraction of sp³-hybridized carbons (Fsp3) is 0.179. The Kier molecular flexibility index (Phi) is 8.10. The first kappa shape index (κ1) is 24.7. The van der Waals surface area contributed by atoms with Crippen LogP contribution in [0.3, 0.4) is 0 Å². The number of hydrogen-bond acceptors (Lipinski definition) is 5. The lowest BCUT2D eigenvalue weighted by molar-refractivity contribution is -0.117. The molecule has 1 aromatic heterocycles. The molecule has 0 saturated heterocycles. The van der Waals surface area contributed by atoms with E-state index >= 15 is 0 Å². The molecular formula is C28H29N5O3. The molecule has 8 nitrogen and oxygen atoms in total. The molecule has 0 spiro atoms. The summed E-state index contributed by atoms with van der Waals surface area (Å²) < 4.78 is 7.23. The van der Waals surface area contributed by atoms with Crippen molar-refractivity contribution in [2.45, 2.75) is 13.5 Å². The maximum atomic E-state index is 12.5. The molecule has 184 valence electrons. The van der Waals surface area contributed by atoms with Gasteiger partial charge in [-0.05, 0) is 74.6 Å². The molecule has 0 bridgehead atoms. The smallest absolute Gasteiger partial charge is 0.255 e. The minimum absolute atomic E-state index is 0.139. The van der Waals surface area contributed by atoms with E-state index in [1.54, 1.807) is 42.6 Å². The summed E-state index contributed by atoms with van der Waals surface area (Å²) in [5.74, 6) is 0.385. The molecule has 4 aromatic rings. The average molecular weight is 484 g/mol. The first-order valence-electron chi connectivity index (χ1n) is 11.7. The molecule has 0 atom stereocenters. The van der Waals surface area contributed by atoms with Crippen molar-refractivity contribution < 1.29 is 14.3 Å². The zero-order chi connectivity index (χ0) is 25.3. The predicted molar refractivity (Wildman–Crippen MR) is 141 cm³/mol. The van der Waals surface area contributed by atoms with Gasteiger partial charge in [-0.15, -0.1) is 0 Å². The predicted octanol–water partition coefficient (Wildman–Crippen LogP) is 4.59. The third-order valence-corrected chi connectivity index (χ3v) is 5.38. The summed E-state index contributed by atoms with van der Waals surface area (Å²) in [6.07, 6.45) is 3.76. The lowest BCUT2D eigenvalue weighted by Crippen LogP contribution is -2.29. The van der Waals surface area contributed by atoms with Gasteiger partial charge in [0.2, 0.25) is 5.91 Å². The van der Waals surface area contributed by atoms with Gasteiger partial charge in [-0.1, -0.05) is 18.2 Å². The number of ether oxygens (including phenoxy) is 1. The molecule has 3 aromatic carbocycles. The van der Waals surface area contributed by atoms with Crippen molar-refractivity contribution in [3.63, 3.8) is 0 Å². The number of anilines is 2. The lowest BCUT2D eigenvalue weighted by atomic mass is 10.2. The van der Waals surface area contributed by atoms with Crippen molar-refractivity contribution >= 4 is 23.2 Å². The molecule has 36 heavy (non-hydrogen) atoms. The summed E-state index contributed by atoms with van der Waals surface area (Å²) in [7, 11) is 1.88. The van der Waals surface area contributed by atoms with Gasteiger partial charge in [0, 0.05) is 35.2 Å². The minimum atomic E-state index is -0.229. The van der Waals surface area contributed by atoms with Crippen LogP contribution >= 0.6 is 0 Å². The van der Waals surface area contributed by atoms with Crippen LogP contribution < -0.4 is 15.4 Å². The maximum Gasteiger partial charge on any atom is 0.255 e. The normalized spacial score (nSPS) is 10.8. The fourth-order valence-electron chi connectivity index (χ4n) is 3.69. The van der Waals surface area contributed by atoms with Gasteiger partial charge in [-0.2, -0.15) is 5.10 Å². The number of hydrogen-bond donors (Lipinski definition) is 2. The van der Waals surface area contributed by atoms with Crippen LogP contribution in [-0.2, 0) is 11.3 Å². The van der Waals surface area contributed by atoms with Crippen LogP contribution in [0.4, 0.5) is 11.4 Å². The van der Waals surface area contributed by atoms with Crippen LogP contribution in [-0.4, -0.2) is 46.7 Å². The van der Waals surface area contributed by atoms with Crippen molar-refractivity contribution in [1.82, 2.24) is 14.7 Å². The van der Waals surface area contributed by atoms with Crippen LogP contribution in [0, 0.1) is 0 Å². The number of nitrogens with one attached hydrogen (secondary N) is 2. The second-order valence-corrected chi connectivity index (χ2v) is 8.34. The van der Waals surface area contributed by atoms with E-state index in [2.05, 4.69) is 15.7 Å². The average Bonchev–Trinajstić information content (AvgIpc) is 3.34. The van der Waals surface area contributed by atoms with Crippen molar-refractivity contribution in [2.24, 2.45) is 0 Å². The van der Waals surface area contributed by atoms with Gasteiger partial charge < -0.3 is 15.4 Å². The van der Waals surface area contributed by atoms with Crippen molar-refractivity contribution in [1.29, 1.82) is 0 Å². The number of para-hydroxylation sites is 1. The number of likely N-dealkylation sites (N-methyl/N-ethyl adjacent to an activating group) is 1. The molecule has 4 rings (SSSR count). The number of amides is 2. The SMILES string of the molecule is CCOc1ccc(NC(=O)c2ccc(NC(=O)CN(C)Cc3cnn(-c4ccccc4)c3)cc2)cc1. The number of carbonyl (C=O) groups excluding carboxylic acids is 2. The molecule has 8 heteroatoms. The first-order valence-corrected chi connectivity index (χ1v) is 11.7. The number of benzene rings is 3. The van der Waals surface area contributed by atoms with Crippen molar-refractivity contribution in [3.8, 4) is 11.4 Å². The Labute approximate surface area is 210 Å². The largest absolute Gasteiger partial charge is 0.494 e. The van der Waals surface area contributed by atoms with E-state index in [4.69, 9.17) is 4.74 Å². The molecule has 2 N–H and O–H groups in total. The Morgan fingerprint density at radius 3 is 2.28 bits per heavy atom. The highest BCUT2D eigenvalue weighted by molar-refractivity contribution is 6.04.